The van der Waals surface area contributed by atoms with Crippen molar-refractivity contribution in [3.63, 3.8) is 0 Å². The van der Waals surface area contributed by atoms with Crippen LogP contribution in [-0.4, -0.2) is 39.3 Å². The number of rotatable bonds is 9. The number of nitrogens with one attached hydrogen (secondary N) is 1. The molecule has 1 atom stereocenters. The Hall–Kier alpha value is -4.39. The normalized spacial score (nSPS) is 12.3. The maximum atomic E-state index is 14.4. The van der Waals surface area contributed by atoms with E-state index in [2.05, 4.69) is 20.4 Å². The van der Waals surface area contributed by atoms with Crippen molar-refractivity contribution in [2.45, 2.75) is 10.9 Å². The molecular formula is C27H22ClFN6O4S. The quantitative estimate of drug-likeness (QED) is 0.252. The molecule has 0 saturated heterocycles. The van der Waals surface area contributed by atoms with E-state index in [0.29, 0.717) is 28.6 Å². The minimum absolute atomic E-state index is 0.0435. The van der Waals surface area contributed by atoms with Gasteiger partial charge in [-0.15, -0.1) is 0 Å². The molecule has 0 aliphatic rings. The number of aromatic nitrogens is 5. The fraction of sp³-hybridized carbons (Fsp3) is 0.111. The Bertz CT molecular complexity index is 1830. The largest absolute Gasteiger partial charge is 0.309 e. The molecule has 2 aromatic carbocycles. The van der Waals surface area contributed by atoms with Crippen LogP contribution in [0.3, 0.4) is 0 Å². The number of benzene rings is 2. The Morgan fingerprint density at radius 3 is 2.55 bits per heavy atom. The van der Waals surface area contributed by atoms with Crippen molar-refractivity contribution >= 4 is 33.5 Å². The highest BCUT2D eigenvalue weighted by molar-refractivity contribution is 7.86. The molecular weight excluding hydrogens is 559 g/mol. The molecule has 0 radical (unpaired) electrons. The predicted molar refractivity (Wildman–Crippen MR) is 147 cm³/mol. The lowest BCUT2D eigenvalue weighted by Gasteiger charge is -2.21. The molecule has 0 spiro atoms. The Labute approximate surface area is 233 Å². The monoisotopic (exact) mass is 580 g/mol. The maximum Gasteiger partial charge on any atom is 0.297 e. The number of aryl methyl sites for hydroxylation is 1. The minimum Gasteiger partial charge on any atom is -0.309 e. The lowest BCUT2D eigenvalue weighted by atomic mass is 10.1. The van der Waals surface area contributed by atoms with Crippen molar-refractivity contribution in [1.82, 2.24) is 24.3 Å². The van der Waals surface area contributed by atoms with E-state index in [1.807, 2.05) is 0 Å². The van der Waals surface area contributed by atoms with E-state index in [1.54, 1.807) is 60.5 Å². The van der Waals surface area contributed by atoms with Crippen LogP contribution < -0.4 is 10.9 Å². The highest BCUT2D eigenvalue weighted by Gasteiger charge is 2.23. The summed E-state index contributed by atoms with van der Waals surface area (Å²) in [6, 6.07) is 17.0. The first-order chi connectivity index (χ1) is 19.2. The molecule has 0 aliphatic heterocycles. The van der Waals surface area contributed by atoms with Gasteiger partial charge < -0.3 is 9.88 Å². The van der Waals surface area contributed by atoms with Crippen molar-refractivity contribution in [3.05, 3.63) is 118 Å². The molecule has 5 rings (SSSR count). The Kier molecular flexibility index (Phi) is 7.74. The van der Waals surface area contributed by atoms with Crippen LogP contribution in [0, 0.1) is 5.82 Å². The summed E-state index contributed by atoms with van der Waals surface area (Å²) in [5.41, 5.74) is 0.777. The van der Waals surface area contributed by atoms with E-state index in [1.165, 1.54) is 41.1 Å². The van der Waals surface area contributed by atoms with Gasteiger partial charge in [-0.25, -0.2) is 14.4 Å². The van der Waals surface area contributed by atoms with Crippen molar-refractivity contribution in [2.24, 2.45) is 7.05 Å². The molecule has 3 heterocycles. The first-order valence-electron chi connectivity index (χ1n) is 11.9. The number of hydrogen-bond donors (Lipinski definition) is 1. The lowest BCUT2D eigenvalue weighted by molar-refractivity contribution is 0.273. The van der Waals surface area contributed by atoms with Crippen LogP contribution in [0.15, 0.2) is 101 Å². The summed E-state index contributed by atoms with van der Waals surface area (Å²) in [4.78, 5) is 22.0. The van der Waals surface area contributed by atoms with Crippen LogP contribution in [0.2, 0.25) is 5.02 Å². The fourth-order valence-corrected chi connectivity index (χ4v) is 5.02. The van der Waals surface area contributed by atoms with Crippen molar-refractivity contribution in [3.8, 4) is 11.3 Å². The molecule has 1 N–H and O–H groups in total. The minimum atomic E-state index is -4.15. The summed E-state index contributed by atoms with van der Waals surface area (Å²) < 4.78 is 48.1. The zero-order chi connectivity index (χ0) is 28.3. The number of halogens is 2. The second kappa shape index (κ2) is 11.4. The van der Waals surface area contributed by atoms with Gasteiger partial charge >= 0.3 is 0 Å². The van der Waals surface area contributed by atoms with E-state index in [0.717, 1.165) is 6.07 Å². The number of nitrogens with zero attached hydrogens (tertiary/aromatic N) is 5. The van der Waals surface area contributed by atoms with E-state index in [9.17, 15) is 17.6 Å². The first-order valence-corrected chi connectivity index (χ1v) is 13.7. The molecule has 3 aromatic heterocycles. The summed E-state index contributed by atoms with van der Waals surface area (Å²) in [7, 11) is -2.38. The third-order valence-corrected chi connectivity index (χ3v) is 7.64. The van der Waals surface area contributed by atoms with Gasteiger partial charge in [0, 0.05) is 37.1 Å². The summed E-state index contributed by atoms with van der Waals surface area (Å²) in [6.07, 6.45) is 4.65. The SMILES string of the molecule is Cn1nccc1Nc1nccc(-c2ccn([C@H](COS(=O)(=O)c3ccccc3)c3ccc(Cl)c(F)c3)c(=O)c2)n1. The molecule has 0 saturated carbocycles. The summed E-state index contributed by atoms with van der Waals surface area (Å²) in [6.45, 7) is -0.468. The molecule has 13 heteroatoms. The highest BCUT2D eigenvalue weighted by atomic mass is 35.5. The molecule has 0 unspecified atom stereocenters. The van der Waals surface area contributed by atoms with Gasteiger partial charge in [-0.1, -0.05) is 35.9 Å². The van der Waals surface area contributed by atoms with Gasteiger partial charge in [0.05, 0.1) is 34.5 Å². The van der Waals surface area contributed by atoms with Crippen molar-refractivity contribution in [2.75, 3.05) is 11.9 Å². The Morgan fingerprint density at radius 2 is 1.85 bits per heavy atom. The fourth-order valence-electron chi connectivity index (χ4n) is 3.96. The topological polar surface area (TPSA) is 121 Å². The number of hydrogen-bond acceptors (Lipinski definition) is 8. The van der Waals surface area contributed by atoms with Gasteiger partial charge in [-0.3, -0.25) is 13.7 Å². The van der Waals surface area contributed by atoms with Gasteiger partial charge in [0.2, 0.25) is 5.95 Å². The van der Waals surface area contributed by atoms with Crippen molar-refractivity contribution in [1.29, 1.82) is 0 Å². The third-order valence-electron chi connectivity index (χ3n) is 6.04. The van der Waals surface area contributed by atoms with E-state index in [-0.39, 0.29) is 9.92 Å². The smallest absolute Gasteiger partial charge is 0.297 e. The summed E-state index contributed by atoms with van der Waals surface area (Å²) in [5.74, 6) is 0.268. The summed E-state index contributed by atoms with van der Waals surface area (Å²) >= 11 is 5.85. The van der Waals surface area contributed by atoms with Crippen LogP contribution in [-0.2, 0) is 21.3 Å². The second-order valence-corrected chi connectivity index (χ2v) is 10.7. The lowest BCUT2D eigenvalue weighted by Crippen LogP contribution is -2.28. The Morgan fingerprint density at radius 1 is 1.05 bits per heavy atom. The summed E-state index contributed by atoms with van der Waals surface area (Å²) in [5, 5.41) is 7.04. The van der Waals surface area contributed by atoms with Gasteiger partial charge in [0.1, 0.15) is 11.6 Å². The van der Waals surface area contributed by atoms with Crippen LogP contribution in [0.25, 0.3) is 11.3 Å². The highest BCUT2D eigenvalue weighted by Crippen LogP contribution is 2.26. The van der Waals surface area contributed by atoms with Gasteiger partial charge in [0.25, 0.3) is 15.7 Å². The van der Waals surface area contributed by atoms with E-state index < -0.39 is 34.1 Å². The molecule has 5 aromatic rings. The van der Waals surface area contributed by atoms with Crippen molar-refractivity contribution < 1.29 is 17.0 Å². The molecule has 204 valence electrons. The van der Waals surface area contributed by atoms with E-state index in [4.69, 9.17) is 15.8 Å². The molecule has 10 nitrogen and oxygen atoms in total. The zero-order valence-corrected chi connectivity index (χ0v) is 22.6. The third kappa shape index (κ3) is 5.93. The molecule has 0 aliphatic carbocycles. The average Bonchev–Trinajstić information content (AvgIpc) is 3.35. The van der Waals surface area contributed by atoms with Gasteiger partial charge in [-0.05, 0) is 42.0 Å². The van der Waals surface area contributed by atoms with Crippen LogP contribution in [0.5, 0.6) is 0 Å². The molecule has 0 fully saturated rings. The standard InChI is InChI=1S/C27H22ClFN6O4S/c1-34-25(10-13-31-34)33-27-30-12-9-23(32-27)18-11-14-35(26(36)16-18)24(19-7-8-21(28)22(29)15-19)17-39-40(37,38)20-5-3-2-4-6-20/h2-16,24H,17H2,1H3,(H,30,32,33)/t24-/m1/s1. The van der Waals surface area contributed by atoms with Crippen LogP contribution >= 0.6 is 11.6 Å². The van der Waals surface area contributed by atoms with Crippen LogP contribution in [0.1, 0.15) is 11.6 Å². The second-order valence-electron chi connectivity index (χ2n) is 8.63. The number of anilines is 2. The molecule has 0 bridgehead atoms. The first kappa shape index (κ1) is 27.2. The Balaban J connectivity index is 1.47. The van der Waals surface area contributed by atoms with E-state index >= 15 is 0 Å². The average molecular weight is 581 g/mol. The maximum absolute atomic E-state index is 14.4. The zero-order valence-electron chi connectivity index (χ0n) is 21.0. The van der Waals surface area contributed by atoms with Crippen LogP contribution in [0.4, 0.5) is 16.2 Å². The van der Waals surface area contributed by atoms with Gasteiger partial charge in [-0.2, -0.15) is 13.5 Å². The molecule has 40 heavy (non-hydrogen) atoms. The number of pyridine rings is 1. The van der Waals surface area contributed by atoms with Gasteiger partial charge in [0.15, 0.2) is 0 Å². The molecule has 0 amide bonds. The predicted octanol–water partition coefficient (Wildman–Crippen LogP) is 4.57.